The van der Waals surface area contributed by atoms with Gasteiger partial charge in [0.2, 0.25) is 0 Å². The average Bonchev–Trinajstić information content (AvgIpc) is 2.34. The molecule has 1 aromatic carbocycles. The molecule has 17 heavy (non-hydrogen) atoms. The van der Waals surface area contributed by atoms with Gasteiger partial charge in [0.05, 0.1) is 20.3 Å². The molecule has 0 aliphatic heterocycles. The molecular formula is C13H16O4. The molecule has 0 heterocycles. The van der Waals surface area contributed by atoms with Crippen LogP contribution in [0.4, 0.5) is 0 Å². The Hall–Kier alpha value is -1.81. The maximum atomic E-state index is 10.2. The molecule has 1 N–H and O–H groups in total. The van der Waals surface area contributed by atoms with Crippen molar-refractivity contribution in [1.82, 2.24) is 0 Å². The van der Waals surface area contributed by atoms with Gasteiger partial charge in [-0.3, -0.25) is 0 Å². The molecule has 1 rings (SSSR count). The third-order valence-electron chi connectivity index (χ3n) is 2.12. The van der Waals surface area contributed by atoms with E-state index in [4.69, 9.17) is 14.6 Å². The van der Waals surface area contributed by atoms with E-state index in [1.807, 2.05) is 24.3 Å². The number of carboxylic acids is 1. The Morgan fingerprint density at radius 3 is 2.65 bits per heavy atom. The number of ether oxygens (including phenoxy) is 2. The molecule has 0 saturated heterocycles. The van der Waals surface area contributed by atoms with Crippen LogP contribution in [0.2, 0.25) is 0 Å². The van der Waals surface area contributed by atoms with Crippen molar-refractivity contribution in [2.75, 3.05) is 13.7 Å². The van der Waals surface area contributed by atoms with Crippen molar-refractivity contribution in [3.63, 3.8) is 0 Å². The predicted octanol–water partition coefficient (Wildman–Crippen LogP) is 2.24. The highest BCUT2D eigenvalue weighted by Crippen LogP contribution is 2.11. The molecule has 0 aromatic heterocycles. The summed E-state index contributed by atoms with van der Waals surface area (Å²) in [5.41, 5.74) is 1.06. The second-order valence-electron chi connectivity index (χ2n) is 3.43. The van der Waals surface area contributed by atoms with Crippen LogP contribution in [0.3, 0.4) is 0 Å². The Kier molecular flexibility index (Phi) is 5.82. The number of hydrogen-bond acceptors (Lipinski definition) is 3. The van der Waals surface area contributed by atoms with E-state index < -0.39 is 5.97 Å². The second-order valence-corrected chi connectivity index (χ2v) is 3.43. The van der Waals surface area contributed by atoms with Gasteiger partial charge in [-0.15, -0.1) is 0 Å². The third-order valence-corrected chi connectivity index (χ3v) is 2.12. The van der Waals surface area contributed by atoms with Crippen molar-refractivity contribution in [3.8, 4) is 5.75 Å². The summed E-state index contributed by atoms with van der Waals surface area (Å²) in [6.07, 6.45) is 3.30. The van der Waals surface area contributed by atoms with Gasteiger partial charge in [-0.25, -0.2) is 4.79 Å². The average molecular weight is 236 g/mol. The van der Waals surface area contributed by atoms with Crippen LogP contribution in [0.15, 0.2) is 36.4 Å². The molecule has 0 atom stereocenters. The Bertz CT molecular complexity index is 368. The van der Waals surface area contributed by atoms with Crippen LogP contribution in [0, 0.1) is 0 Å². The zero-order valence-electron chi connectivity index (χ0n) is 9.76. The quantitative estimate of drug-likeness (QED) is 0.582. The van der Waals surface area contributed by atoms with Gasteiger partial charge < -0.3 is 14.6 Å². The standard InChI is InChI=1S/C13H16O4/c1-16-12-7-5-11(6-8-12)10-17-9-3-2-4-13(14)15/h2,4-8H,3,9-10H2,1H3,(H,14,15)/b4-2+. The minimum Gasteiger partial charge on any atom is -0.497 e. The number of benzene rings is 1. The van der Waals surface area contributed by atoms with Crippen LogP contribution in [0.25, 0.3) is 0 Å². The molecule has 0 radical (unpaired) electrons. The zero-order chi connectivity index (χ0) is 12.5. The molecule has 0 aliphatic rings. The molecule has 1 aromatic rings. The fourth-order valence-electron chi connectivity index (χ4n) is 1.25. The van der Waals surface area contributed by atoms with E-state index in [9.17, 15) is 4.79 Å². The molecular weight excluding hydrogens is 220 g/mol. The van der Waals surface area contributed by atoms with Gasteiger partial charge in [-0.1, -0.05) is 18.2 Å². The summed E-state index contributed by atoms with van der Waals surface area (Å²) in [5, 5.41) is 8.36. The van der Waals surface area contributed by atoms with Crippen molar-refractivity contribution in [2.24, 2.45) is 0 Å². The summed E-state index contributed by atoms with van der Waals surface area (Å²) in [7, 11) is 1.63. The highest BCUT2D eigenvalue weighted by Gasteiger charge is 1.94. The number of carboxylic acid groups (broad SMARTS) is 1. The summed E-state index contributed by atoms with van der Waals surface area (Å²) in [4.78, 5) is 10.2. The zero-order valence-corrected chi connectivity index (χ0v) is 9.76. The largest absolute Gasteiger partial charge is 0.497 e. The van der Waals surface area contributed by atoms with Crippen LogP contribution >= 0.6 is 0 Å². The van der Waals surface area contributed by atoms with Gasteiger partial charge in [-0.2, -0.15) is 0 Å². The lowest BCUT2D eigenvalue weighted by molar-refractivity contribution is -0.131. The third kappa shape index (κ3) is 5.73. The molecule has 4 heteroatoms. The van der Waals surface area contributed by atoms with Gasteiger partial charge in [0.15, 0.2) is 0 Å². The van der Waals surface area contributed by atoms with E-state index in [-0.39, 0.29) is 0 Å². The number of hydrogen-bond donors (Lipinski definition) is 1. The number of aliphatic carboxylic acids is 1. The topological polar surface area (TPSA) is 55.8 Å². The van der Waals surface area contributed by atoms with Gasteiger partial charge >= 0.3 is 5.97 Å². The molecule has 0 amide bonds. The van der Waals surface area contributed by atoms with Crippen LogP contribution in [-0.2, 0) is 16.1 Å². The molecule has 0 unspecified atom stereocenters. The first-order valence-electron chi connectivity index (χ1n) is 5.32. The lowest BCUT2D eigenvalue weighted by Gasteiger charge is -2.04. The summed E-state index contributed by atoms with van der Waals surface area (Å²) in [6, 6.07) is 7.63. The summed E-state index contributed by atoms with van der Waals surface area (Å²) in [5.74, 6) is -0.113. The van der Waals surface area contributed by atoms with E-state index in [2.05, 4.69) is 0 Å². The van der Waals surface area contributed by atoms with Gasteiger partial charge in [0, 0.05) is 6.08 Å². The van der Waals surface area contributed by atoms with Gasteiger partial charge in [0.1, 0.15) is 5.75 Å². The Balaban J connectivity index is 2.19. The van der Waals surface area contributed by atoms with E-state index in [1.54, 1.807) is 13.2 Å². The first-order chi connectivity index (χ1) is 8.22. The highest BCUT2D eigenvalue weighted by molar-refractivity contribution is 5.79. The van der Waals surface area contributed by atoms with Crippen LogP contribution in [0.5, 0.6) is 5.75 Å². The number of rotatable bonds is 7. The SMILES string of the molecule is COc1ccc(COCC/C=C/C(=O)O)cc1. The predicted molar refractivity (Wildman–Crippen MR) is 64.0 cm³/mol. The molecule has 0 fully saturated rings. The van der Waals surface area contributed by atoms with Crippen molar-refractivity contribution >= 4 is 5.97 Å². The fourth-order valence-corrected chi connectivity index (χ4v) is 1.25. The normalized spacial score (nSPS) is 10.6. The van der Waals surface area contributed by atoms with Crippen molar-refractivity contribution in [1.29, 1.82) is 0 Å². The minimum atomic E-state index is -0.930. The smallest absolute Gasteiger partial charge is 0.327 e. The Labute approximate surface area is 100 Å². The van der Waals surface area contributed by atoms with Gasteiger partial charge in [0.25, 0.3) is 0 Å². The monoisotopic (exact) mass is 236 g/mol. The first kappa shape index (κ1) is 13.3. The second kappa shape index (κ2) is 7.46. The van der Waals surface area contributed by atoms with Crippen LogP contribution in [-0.4, -0.2) is 24.8 Å². The van der Waals surface area contributed by atoms with Crippen molar-refractivity contribution < 1.29 is 19.4 Å². The van der Waals surface area contributed by atoms with E-state index in [1.165, 1.54) is 0 Å². The van der Waals surface area contributed by atoms with E-state index in [0.29, 0.717) is 19.6 Å². The minimum absolute atomic E-state index is 0.510. The van der Waals surface area contributed by atoms with Crippen LogP contribution in [0.1, 0.15) is 12.0 Å². The van der Waals surface area contributed by atoms with Crippen molar-refractivity contribution in [3.05, 3.63) is 42.0 Å². The van der Waals surface area contributed by atoms with Crippen LogP contribution < -0.4 is 4.74 Å². The molecule has 4 nitrogen and oxygen atoms in total. The molecule has 0 spiro atoms. The summed E-state index contributed by atoms with van der Waals surface area (Å²) < 4.78 is 10.4. The van der Waals surface area contributed by atoms with Gasteiger partial charge in [-0.05, 0) is 24.1 Å². The van der Waals surface area contributed by atoms with Crippen molar-refractivity contribution in [2.45, 2.75) is 13.0 Å². The summed E-state index contributed by atoms with van der Waals surface area (Å²) in [6.45, 7) is 1.03. The number of methoxy groups -OCH3 is 1. The molecule has 0 saturated carbocycles. The molecule has 0 bridgehead atoms. The Morgan fingerprint density at radius 2 is 2.06 bits per heavy atom. The maximum Gasteiger partial charge on any atom is 0.327 e. The van der Waals surface area contributed by atoms with E-state index in [0.717, 1.165) is 17.4 Å². The fraction of sp³-hybridized carbons (Fsp3) is 0.308. The summed E-state index contributed by atoms with van der Waals surface area (Å²) >= 11 is 0. The lowest BCUT2D eigenvalue weighted by atomic mass is 10.2. The molecule has 0 aliphatic carbocycles. The first-order valence-corrected chi connectivity index (χ1v) is 5.32. The maximum absolute atomic E-state index is 10.2. The Morgan fingerprint density at radius 1 is 1.35 bits per heavy atom. The lowest BCUT2D eigenvalue weighted by Crippen LogP contribution is -1.95. The van der Waals surface area contributed by atoms with E-state index >= 15 is 0 Å². The number of carbonyl (C=O) groups is 1. The molecule has 92 valence electrons. The highest BCUT2D eigenvalue weighted by atomic mass is 16.5.